The number of carbonyl (C=O) groups is 2. The summed E-state index contributed by atoms with van der Waals surface area (Å²) in [6.45, 7) is 1.16. The molecule has 1 saturated heterocycles. The number of nitrogens with one attached hydrogen (secondary N) is 1. The van der Waals surface area contributed by atoms with Crippen LogP contribution in [-0.2, 0) is 9.59 Å². The highest BCUT2D eigenvalue weighted by atomic mass is 35.5. The predicted molar refractivity (Wildman–Crippen MR) is 94.1 cm³/mol. The normalized spacial score (nSPS) is 18.1. The van der Waals surface area contributed by atoms with E-state index in [1.165, 1.54) is 12.1 Å². The van der Waals surface area contributed by atoms with Crippen LogP contribution in [0.2, 0.25) is 15.1 Å². The van der Waals surface area contributed by atoms with Crippen LogP contribution in [0.5, 0.6) is 0 Å². The molecule has 1 amide bonds. The molecule has 0 aromatic heterocycles. The molecule has 23 heavy (non-hydrogen) atoms. The smallest absolute Gasteiger partial charge is 0.307 e. The molecule has 1 aromatic rings. The molecule has 1 aliphatic rings. The Morgan fingerprint density at radius 1 is 1.26 bits per heavy atom. The number of nitrogens with zero attached hydrogens (tertiary/aromatic N) is 1. The molecule has 0 saturated carbocycles. The Labute approximate surface area is 155 Å². The van der Waals surface area contributed by atoms with Crippen LogP contribution in [0.25, 0.3) is 0 Å². The van der Waals surface area contributed by atoms with Gasteiger partial charge in [-0.1, -0.05) is 34.8 Å². The number of amides is 1. The first kappa shape index (κ1) is 20.3. The largest absolute Gasteiger partial charge is 0.481 e. The first-order chi connectivity index (χ1) is 10.4. The van der Waals surface area contributed by atoms with E-state index in [1.807, 2.05) is 4.90 Å². The molecule has 1 atom stereocenters. The van der Waals surface area contributed by atoms with Crippen LogP contribution in [0, 0.1) is 5.92 Å². The summed E-state index contributed by atoms with van der Waals surface area (Å²) in [6.07, 6.45) is 1.40. The first-order valence-electron chi connectivity index (χ1n) is 6.76. The highest BCUT2D eigenvalue weighted by Gasteiger charge is 2.26. The second kappa shape index (κ2) is 8.94. The van der Waals surface area contributed by atoms with Gasteiger partial charge in [0, 0.05) is 11.6 Å². The number of hydrogen-bond acceptors (Lipinski definition) is 3. The van der Waals surface area contributed by atoms with E-state index in [2.05, 4.69) is 5.32 Å². The molecule has 9 heteroatoms. The van der Waals surface area contributed by atoms with Gasteiger partial charge in [-0.05, 0) is 31.5 Å². The zero-order valence-corrected chi connectivity index (χ0v) is 15.1. The topological polar surface area (TPSA) is 69.6 Å². The number of halogens is 4. The van der Waals surface area contributed by atoms with Gasteiger partial charge in [0.05, 0.1) is 28.2 Å². The molecule has 2 N–H and O–H groups in total. The third-order valence-electron chi connectivity index (χ3n) is 3.49. The first-order valence-corrected chi connectivity index (χ1v) is 7.89. The van der Waals surface area contributed by atoms with E-state index in [1.54, 1.807) is 0 Å². The van der Waals surface area contributed by atoms with Crippen molar-refractivity contribution in [1.29, 1.82) is 0 Å². The molecular weight excluding hydrogens is 386 g/mol. The SMILES string of the molecule is Cl.O=C(CN1CCCC(C(=O)O)C1)Nc1c(Cl)cc(Cl)cc1Cl. The minimum Gasteiger partial charge on any atom is -0.481 e. The maximum absolute atomic E-state index is 12.1. The van der Waals surface area contributed by atoms with Gasteiger partial charge < -0.3 is 10.4 Å². The molecule has 1 heterocycles. The van der Waals surface area contributed by atoms with Gasteiger partial charge in [0.25, 0.3) is 0 Å². The Hall–Kier alpha value is -0.720. The van der Waals surface area contributed by atoms with E-state index in [0.29, 0.717) is 30.2 Å². The van der Waals surface area contributed by atoms with E-state index in [0.717, 1.165) is 6.42 Å². The summed E-state index contributed by atoms with van der Waals surface area (Å²) >= 11 is 17.8. The van der Waals surface area contributed by atoms with Crippen LogP contribution in [0.4, 0.5) is 5.69 Å². The molecule has 0 spiro atoms. The average molecular weight is 402 g/mol. The van der Waals surface area contributed by atoms with Gasteiger partial charge >= 0.3 is 5.97 Å². The van der Waals surface area contributed by atoms with Crippen LogP contribution in [0.15, 0.2) is 12.1 Å². The lowest BCUT2D eigenvalue weighted by Gasteiger charge is -2.30. The van der Waals surface area contributed by atoms with Crippen LogP contribution >= 0.6 is 47.2 Å². The van der Waals surface area contributed by atoms with Crippen molar-refractivity contribution in [1.82, 2.24) is 4.90 Å². The van der Waals surface area contributed by atoms with Crippen molar-refractivity contribution in [2.45, 2.75) is 12.8 Å². The lowest BCUT2D eigenvalue weighted by molar-refractivity contribution is -0.144. The number of rotatable bonds is 4. The fourth-order valence-electron chi connectivity index (χ4n) is 2.44. The van der Waals surface area contributed by atoms with Crippen molar-refractivity contribution in [3.05, 3.63) is 27.2 Å². The highest BCUT2D eigenvalue weighted by molar-refractivity contribution is 6.42. The van der Waals surface area contributed by atoms with Gasteiger partial charge in [-0.2, -0.15) is 0 Å². The molecule has 128 valence electrons. The number of anilines is 1. The summed E-state index contributed by atoms with van der Waals surface area (Å²) in [5.41, 5.74) is 0.310. The fraction of sp³-hybridized carbons (Fsp3) is 0.429. The van der Waals surface area contributed by atoms with Crippen molar-refractivity contribution in [2.24, 2.45) is 5.92 Å². The molecule has 5 nitrogen and oxygen atoms in total. The molecule has 0 aliphatic carbocycles. The van der Waals surface area contributed by atoms with Crippen LogP contribution < -0.4 is 5.32 Å². The minimum atomic E-state index is -0.825. The number of likely N-dealkylation sites (tertiary alicyclic amines) is 1. The molecule has 1 aromatic carbocycles. The molecular formula is C14H16Cl4N2O3. The second-order valence-corrected chi connectivity index (χ2v) is 6.46. The van der Waals surface area contributed by atoms with Crippen LogP contribution in [0.1, 0.15) is 12.8 Å². The lowest BCUT2D eigenvalue weighted by Crippen LogP contribution is -2.42. The quantitative estimate of drug-likeness (QED) is 0.804. The van der Waals surface area contributed by atoms with Gasteiger partial charge in [-0.25, -0.2) is 0 Å². The summed E-state index contributed by atoms with van der Waals surface area (Å²) in [5, 5.41) is 12.6. The molecule has 0 bridgehead atoms. The third-order valence-corrected chi connectivity index (χ3v) is 4.31. The Bertz CT molecular complexity index is 574. The summed E-state index contributed by atoms with van der Waals surface area (Å²) in [7, 11) is 0. The van der Waals surface area contributed by atoms with Crippen molar-refractivity contribution >= 4 is 64.8 Å². The number of carbonyl (C=O) groups excluding carboxylic acids is 1. The number of carboxylic acid groups (broad SMARTS) is 1. The van der Waals surface area contributed by atoms with Gasteiger partial charge in [0.2, 0.25) is 5.91 Å². The Kier molecular flexibility index (Phi) is 7.90. The Balaban J connectivity index is 0.00000264. The predicted octanol–water partition coefficient (Wildman–Crippen LogP) is 3.80. The van der Waals surface area contributed by atoms with Crippen molar-refractivity contribution in [2.75, 3.05) is 25.0 Å². The summed E-state index contributed by atoms with van der Waals surface area (Å²) in [5.74, 6) is -1.55. The number of piperidine rings is 1. The molecule has 1 fully saturated rings. The maximum atomic E-state index is 12.1. The van der Waals surface area contributed by atoms with E-state index >= 15 is 0 Å². The van der Waals surface area contributed by atoms with Crippen LogP contribution in [-0.4, -0.2) is 41.5 Å². The van der Waals surface area contributed by atoms with E-state index in [9.17, 15) is 9.59 Å². The fourth-order valence-corrected chi connectivity index (χ4v) is 3.36. The zero-order chi connectivity index (χ0) is 16.3. The standard InChI is InChI=1S/C14H15Cl3N2O3.ClH/c15-9-4-10(16)13(11(17)5-9)18-12(20)7-19-3-1-2-8(6-19)14(21)22;/h4-5,8H,1-3,6-7H2,(H,18,20)(H,21,22);1H. The summed E-state index contributed by atoms with van der Waals surface area (Å²) < 4.78 is 0. The van der Waals surface area contributed by atoms with Crippen LogP contribution in [0.3, 0.4) is 0 Å². The molecule has 1 unspecified atom stereocenters. The highest BCUT2D eigenvalue weighted by Crippen LogP contribution is 2.33. The van der Waals surface area contributed by atoms with Crippen molar-refractivity contribution < 1.29 is 14.7 Å². The molecule has 1 aliphatic heterocycles. The monoisotopic (exact) mass is 400 g/mol. The van der Waals surface area contributed by atoms with Crippen molar-refractivity contribution in [3.8, 4) is 0 Å². The lowest BCUT2D eigenvalue weighted by atomic mass is 9.98. The van der Waals surface area contributed by atoms with E-state index < -0.39 is 11.9 Å². The number of aliphatic carboxylic acids is 1. The number of carboxylic acids is 1. The second-order valence-electron chi connectivity index (χ2n) is 5.21. The Morgan fingerprint density at radius 3 is 2.43 bits per heavy atom. The third kappa shape index (κ3) is 5.69. The maximum Gasteiger partial charge on any atom is 0.307 e. The average Bonchev–Trinajstić information content (AvgIpc) is 2.43. The van der Waals surface area contributed by atoms with Gasteiger partial charge in [-0.3, -0.25) is 14.5 Å². The van der Waals surface area contributed by atoms with E-state index in [-0.39, 0.29) is 34.9 Å². The van der Waals surface area contributed by atoms with E-state index in [4.69, 9.17) is 39.9 Å². The zero-order valence-electron chi connectivity index (χ0n) is 12.0. The summed E-state index contributed by atoms with van der Waals surface area (Å²) in [6, 6.07) is 2.98. The summed E-state index contributed by atoms with van der Waals surface area (Å²) in [4.78, 5) is 24.9. The Morgan fingerprint density at radius 2 is 1.87 bits per heavy atom. The molecule has 0 radical (unpaired) electrons. The number of hydrogen-bond donors (Lipinski definition) is 2. The van der Waals surface area contributed by atoms with Gasteiger partial charge in [0.1, 0.15) is 0 Å². The minimum absolute atomic E-state index is 0. The number of benzene rings is 1. The van der Waals surface area contributed by atoms with Gasteiger partial charge in [0.15, 0.2) is 0 Å². The molecule has 2 rings (SSSR count). The van der Waals surface area contributed by atoms with Crippen molar-refractivity contribution in [3.63, 3.8) is 0 Å². The van der Waals surface area contributed by atoms with Gasteiger partial charge in [-0.15, -0.1) is 12.4 Å².